The molecule has 0 spiro atoms. The van der Waals surface area contributed by atoms with E-state index in [1.54, 1.807) is 49.1 Å². The summed E-state index contributed by atoms with van der Waals surface area (Å²) in [5.74, 6) is -1.14. The largest absolute Gasteiger partial charge is 0.463 e. The van der Waals surface area contributed by atoms with Gasteiger partial charge in [0.05, 0.1) is 28.8 Å². The summed E-state index contributed by atoms with van der Waals surface area (Å²) in [6.07, 6.45) is 2.16. The predicted octanol–water partition coefficient (Wildman–Crippen LogP) is 5.24. The summed E-state index contributed by atoms with van der Waals surface area (Å²) in [6.45, 7) is 4.01. The molecule has 4 rings (SSSR count). The lowest BCUT2D eigenvalue weighted by Crippen LogP contribution is -2.38. The van der Waals surface area contributed by atoms with Crippen LogP contribution in [0.1, 0.15) is 60.5 Å². The monoisotopic (exact) mass is 500 g/mol. The number of nitrogens with one attached hydrogen (secondary N) is 1. The van der Waals surface area contributed by atoms with Crippen molar-refractivity contribution in [2.45, 2.75) is 51.6 Å². The summed E-state index contributed by atoms with van der Waals surface area (Å²) >= 11 is 12.3. The number of carbonyl (C=O) groups excluding carboxylic acids is 3. The molecule has 0 bridgehead atoms. The van der Waals surface area contributed by atoms with Crippen LogP contribution in [0.3, 0.4) is 0 Å². The Labute approximate surface area is 208 Å². The fourth-order valence-electron chi connectivity index (χ4n) is 4.13. The summed E-state index contributed by atoms with van der Waals surface area (Å²) in [5, 5.41) is 3.73. The minimum Gasteiger partial charge on any atom is -0.463 e. The molecule has 0 unspecified atom stereocenters. The number of esters is 1. The lowest BCUT2D eigenvalue weighted by molar-refractivity contribution is -0.140. The number of rotatable bonds is 7. The smallest absolute Gasteiger partial charge is 0.336 e. The topological polar surface area (TPSA) is 75.7 Å². The Morgan fingerprint density at radius 2 is 1.79 bits per heavy atom. The quantitative estimate of drug-likeness (QED) is 0.527. The molecule has 1 N–H and O–H groups in total. The van der Waals surface area contributed by atoms with Crippen LogP contribution in [0.5, 0.6) is 0 Å². The van der Waals surface area contributed by atoms with Crippen molar-refractivity contribution in [3.8, 4) is 0 Å². The molecule has 178 valence electrons. The van der Waals surface area contributed by atoms with E-state index in [-0.39, 0.29) is 37.4 Å². The molecule has 0 aromatic heterocycles. The van der Waals surface area contributed by atoms with Crippen LogP contribution in [0, 0.1) is 0 Å². The zero-order chi connectivity index (χ0) is 24.4. The summed E-state index contributed by atoms with van der Waals surface area (Å²) in [6, 6.07) is 12.6. The normalized spacial score (nSPS) is 18.2. The summed E-state index contributed by atoms with van der Waals surface area (Å²) < 4.78 is 5.33. The molecule has 0 radical (unpaired) electrons. The van der Waals surface area contributed by atoms with Crippen LogP contribution in [-0.2, 0) is 20.9 Å². The molecule has 2 aromatic carbocycles. The lowest BCUT2D eigenvalue weighted by atomic mass is 9.83. The Hall–Kier alpha value is -2.83. The predicted molar refractivity (Wildman–Crippen MR) is 131 cm³/mol. The maximum absolute atomic E-state index is 13.2. The molecule has 1 fully saturated rings. The third-order valence-corrected chi connectivity index (χ3v) is 6.87. The van der Waals surface area contributed by atoms with Crippen molar-refractivity contribution in [2.24, 2.45) is 0 Å². The van der Waals surface area contributed by atoms with Crippen molar-refractivity contribution in [1.29, 1.82) is 0 Å². The lowest BCUT2D eigenvalue weighted by Gasteiger charge is -2.34. The number of halogens is 2. The minimum atomic E-state index is -0.480. The Morgan fingerprint density at radius 3 is 2.41 bits per heavy atom. The van der Waals surface area contributed by atoms with E-state index in [0.717, 1.165) is 24.0 Å². The Kier molecular flexibility index (Phi) is 7.29. The molecule has 1 heterocycles. The SMILES string of the molecule is CCOC(=O)C1=C(C)N(Cc2ccc(C(=O)NC3CC3)cc2)C(=O)C[C@@H]1c1ccc(Cl)c(Cl)c1. The van der Waals surface area contributed by atoms with Crippen LogP contribution < -0.4 is 5.32 Å². The number of benzene rings is 2. The number of amides is 2. The van der Waals surface area contributed by atoms with Gasteiger partial charge >= 0.3 is 5.97 Å². The van der Waals surface area contributed by atoms with Crippen LogP contribution in [0.4, 0.5) is 0 Å². The van der Waals surface area contributed by atoms with Gasteiger partial charge in [-0.2, -0.15) is 0 Å². The van der Waals surface area contributed by atoms with Gasteiger partial charge < -0.3 is 15.0 Å². The van der Waals surface area contributed by atoms with Gasteiger partial charge in [0.2, 0.25) is 5.91 Å². The molecule has 34 heavy (non-hydrogen) atoms. The average molecular weight is 501 g/mol. The zero-order valence-electron chi connectivity index (χ0n) is 19.1. The van der Waals surface area contributed by atoms with E-state index in [2.05, 4.69) is 5.32 Å². The standard InChI is InChI=1S/C26H26Cl2N2O4/c1-3-34-26(33)24-15(2)30(23(31)13-20(24)18-8-11-21(27)22(28)12-18)14-16-4-6-17(7-5-16)25(32)29-19-9-10-19/h4-8,11-12,19-20H,3,9-10,13-14H2,1-2H3,(H,29,32)/t20-/m1/s1. The molecule has 0 saturated heterocycles. The molecule has 1 aliphatic carbocycles. The van der Waals surface area contributed by atoms with Crippen LogP contribution in [-0.4, -0.2) is 35.3 Å². The third-order valence-electron chi connectivity index (χ3n) is 6.13. The van der Waals surface area contributed by atoms with Crippen molar-refractivity contribution in [2.75, 3.05) is 6.61 Å². The summed E-state index contributed by atoms with van der Waals surface area (Å²) in [4.78, 5) is 40.0. The number of carbonyl (C=O) groups is 3. The van der Waals surface area contributed by atoms with Gasteiger partial charge in [-0.1, -0.05) is 41.4 Å². The van der Waals surface area contributed by atoms with E-state index < -0.39 is 11.9 Å². The Balaban J connectivity index is 1.61. The van der Waals surface area contributed by atoms with Crippen molar-refractivity contribution in [3.05, 3.63) is 80.5 Å². The molecular formula is C26H26Cl2N2O4. The molecule has 8 heteroatoms. The number of nitrogens with zero attached hydrogens (tertiary/aromatic N) is 1. The Bertz CT molecular complexity index is 1160. The molecular weight excluding hydrogens is 475 g/mol. The first-order chi connectivity index (χ1) is 16.3. The molecule has 1 atom stereocenters. The first-order valence-electron chi connectivity index (χ1n) is 11.3. The van der Waals surface area contributed by atoms with E-state index in [9.17, 15) is 14.4 Å². The molecule has 2 aromatic rings. The summed E-state index contributed by atoms with van der Waals surface area (Å²) in [7, 11) is 0. The van der Waals surface area contributed by atoms with Crippen molar-refractivity contribution in [1.82, 2.24) is 10.2 Å². The van der Waals surface area contributed by atoms with Gasteiger partial charge in [0.15, 0.2) is 0 Å². The van der Waals surface area contributed by atoms with Crippen molar-refractivity contribution in [3.63, 3.8) is 0 Å². The van der Waals surface area contributed by atoms with Crippen LogP contribution in [0.25, 0.3) is 0 Å². The molecule has 1 saturated carbocycles. The van der Waals surface area contributed by atoms with Crippen LogP contribution >= 0.6 is 23.2 Å². The highest BCUT2D eigenvalue weighted by Gasteiger charge is 2.37. The fourth-order valence-corrected chi connectivity index (χ4v) is 4.44. The number of allylic oxidation sites excluding steroid dienone is 1. The first-order valence-corrected chi connectivity index (χ1v) is 12.1. The van der Waals surface area contributed by atoms with Crippen LogP contribution in [0.15, 0.2) is 53.7 Å². The minimum absolute atomic E-state index is 0.0896. The highest BCUT2D eigenvalue weighted by atomic mass is 35.5. The highest BCUT2D eigenvalue weighted by Crippen LogP contribution is 2.39. The van der Waals surface area contributed by atoms with Gasteiger partial charge in [-0.05, 0) is 62.1 Å². The van der Waals surface area contributed by atoms with Gasteiger partial charge in [-0.15, -0.1) is 0 Å². The molecule has 2 amide bonds. The zero-order valence-corrected chi connectivity index (χ0v) is 20.6. The Morgan fingerprint density at radius 1 is 1.09 bits per heavy atom. The fraction of sp³-hybridized carbons (Fsp3) is 0.346. The second-order valence-corrected chi connectivity index (χ2v) is 9.39. The van der Waals surface area contributed by atoms with Gasteiger partial charge in [0, 0.05) is 29.6 Å². The van der Waals surface area contributed by atoms with E-state index in [4.69, 9.17) is 27.9 Å². The van der Waals surface area contributed by atoms with E-state index in [0.29, 0.717) is 26.9 Å². The molecule has 6 nitrogen and oxygen atoms in total. The van der Waals surface area contributed by atoms with Crippen LogP contribution in [0.2, 0.25) is 10.0 Å². The maximum atomic E-state index is 13.2. The maximum Gasteiger partial charge on any atom is 0.336 e. The number of hydrogen-bond acceptors (Lipinski definition) is 4. The van der Waals surface area contributed by atoms with E-state index in [1.165, 1.54) is 0 Å². The first kappa shape index (κ1) is 24.3. The number of hydrogen-bond donors (Lipinski definition) is 1. The highest BCUT2D eigenvalue weighted by molar-refractivity contribution is 6.42. The number of ether oxygens (including phenoxy) is 1. The van der Waals surface area contributed by atoms with Gasteiger partial charge in [0.25, 0.3) is 5.91 Å². The van der Waals surface area contributed by atoms with Gasteiger partial charge in [-0.25, -0.2) is 4.79 Å². The van der Waals surface area contributed by atoms with Crippen molar-refractivity contribution >= 4 is 41.0 Å². The second kappa shape index (κ2) is 10.2. The molecule has 1 aliphatic heterocycles. The average Bonchev–Trinajstić information content (AvgIpc) is 3.62. The van der Waals surface area contributed by atoms with Crippen molar-refractivity contribution < 1.29 is 19.1 Å². The third kappa shape index (κ3) is 5.29. The van der Waals surface area contributed by atoms with Gasteiger partial charge in [0.1, 0.15) is 0 Å². The second-order valence-electron chi connectivity index (χ2n) is 8.57. The van der Waals surface area contributed by atoms with E-state index >= 15 is 0 Å². The molecule has 2 aliphatic rings. The van der Waals surface area contributed by atoms with E-state index in [1.807, 2.05) is 12.1 Å². The van der Waals surface area contributed by atoms with Gasteiger partial charge in [-0.3, -0.25) is 9.59 Å². The summed E-state index contributed by atoms with van der Waals surface area (Å²) in [5.41, 5.74) is 3.14.